The molecule has 1 aromatic carbocycles. The fourth-order valence-corrected chi connectivity index (χ4v) is 1.73. The first-order valence-electron chi connectivity index (χ1n) is 5.94. The largest absolute Gasteiger partial charge is 0.573 e. The molecule has 0 saturated carbocycles. The zero-order valence-corrected chi connectivity index (χ0v) is 11.6. The molecule has 2 N–H and O–H groups in total. The molecule has 5 nitrogen and oxygen atoms in total. The number of hydrogen-bond acceptors (Lipinski definition) is 4. The molecule has 2 rings (SSSR count). The number of anilines is 1. The van der Waals surface area contributed by atoms with E-state index in [2.05, 4.69) is 15.4 Å². The average molecular weight is 327 g/mol. The average Bonchev–Trinajstić information content (AvgIpc) is 2.40. The van der Waals surface area contributed by atoms with Crippen molar-refractivity contribution in [3.05, 3.63) is 24.3 Å². The Labute approximate surface area is 125 Å². The van der Waals surface area contributed by atoms with Gasteiger partial charge >= 0.3 is 6.36 Å². The van der Waals surface area contributed by atoms with Crippen molar-refractivity contribution in [3.63, 3.8) is 0 Å². The summed E-state index contributed by atoms with van der Waals surface area (Å²) in [5, 5.41) is 5.33. The number of para-hydroxylation sites is 2. The number of carbonyl (C=O) groups excluding carboxylic acids is 1. The minimum Gasteiger partial charge on any atom is -0.404 e. The molecule has 9 heteroatoms. The Hall–Kier alpha value is -1.51. The molecule has 0 aliphatic carbocycles. The third-order valence-corrected chi connectivity index (χ3v) is 2.59. The first-order chi connectivity index (χ1) is 9.46. The van der Waals surface area contributed by atoms with Crippen LogP contribution in [0.1, 0.15) is 0 Å². The third-order valence-electron chi connectivity index (χ3n) is 2.59. The van der Waals surface area contributed by atoms with E-state index >= 15 is 0 Å². The van der Waals surface area contributed by atoms with Crippen LogP contribution >= 0.6 is 12.4 Å². The van der Waals surface area contributed by atoms with Crippen molar-refractivity contribution < 1.29 is 27.4 Å². The van der Waals surface area contributed by atoms with Gasteiger partial charge in [0.1, 0.15) is 6.10 Å². The summed E-state index contributed by atoms with van der Waals surface area (Å²) in [7, 11) is 0. The van der Waals surface area contributed by atoms with Crippen molar-refractivity contribution in [2.45, 2.75) is 12.5 Å². The summed E-state index contributed by atoms with van der Waals surface area (Å²) in [5.41, 5.74) is -0.0519. The minimum absolute atomic E-state index is 0. The van der Waals surface area contributed by atoms with E-state index in [0.29, 0.717) is 19.7 Å². The van der Waals surface area contributed by atoms with E-state index in [1.165, 1.54) is 18.2 Å². The number of carbonyl (C=O) groups is 1. The van der Waals surface area contributed by atoms with E-state index < -0.39 is 24.1 Å². The van der Waals surface area contributed by atoms with Crippen LogP contribution in [0, 0.1) is 0 Å². The summed E-state index contributed by atoms with van der Waals surface area (Å²) >= 11 is 0. The molecule has 0 spiro atoms. The molecule has 118 valence electrons. The van der Waals surface area contributed by atoms with E-state index in [1.807, 2.05) is 0 Å². The molecule has 0 radical (unpaired) electrons. The highest BCUT2D eigenvalue weighted by Gasteiger charge is 2.32. The number of amides is 1. The molecule has 0 bridgehead atoms. The van der Waals surface area contributed by atoms with Crippen LogP contribution in [0.3, 0.4) is 0 Å². The maximum Gasteiger partial charge on any atom is 0.573 e. The number of hydrogen-bond donors (Lipinski definition) is 2. The molecule has 1 aliphatic rings. The smallest absolute Gasteiger partial charge is 0.404 e. The van der Waals surface area contributed by atoms with Crippen molar-refractivity contribution in [3.8, 4) is 5.75 Å². The normalized spacial score (nSPS) is 18.5. The van der Waals surface area contributed by atoms with E-state index in [-0.39, 0.29) is 18.1 Å². The molecule has 1 unspecified atom stereocenters. The Kier molecular flexibility index (Phi) is 6.25. The molecule has 1 aliphatic heterocycles. The fraction of sp³-hybridized carbons (Fsp3) is 0.417. The van der Waals surface area contributed by atoms with Crippen LogP contribution in [0.15, 0.2) is 24.3 Å². The fourth-order valence-electron chi connectivity index (χ4n) is 1.73. The maximum absolute atomic E-state index is 12.2. The molecule has 1 fully saturated rings. The van der Waals surface area contributed by atoms with Gasteiger partial charge < -0.3 is 20.1 Å². The second-order valence-electron chi connectivity index (χ2n) is 4.10. The topological polar surface area (TPSA) is 59.6 Å². The summed E-state index contributed by atoms with van der Waals surface area (Å²) in [6, 6.07) is 5.34. The molecule has 21 heavy (non-hydrogen) atoms. The van der Waals surface area contributed by atoms with E-state index in [9.17, 15) is 18.0 Å². The predicted octanol–water partition coefficient (Wildman–Crippen LogP) is 1.93. The lowest BCUT2D eigenvalue weighted by atomic mass is 10.2. The zero-order valence-electron chi connectivity index (χ0n) is 10.8. The molecule has 1 aromatic rings. The van der Waals surface area contributed by atoms with Crippen LogP contribution in [0.5, 0.6) is 5.75 Å². The van der Waals surface area contributed by atoms with Crippen LogP contribution in [-0.4, -0.2) is 38.1 Å². The number of benzene rings is 1. The lowest BCUT2D eigenvalue weighted by molar-refractivity contribution is -0.274. The first-order valence-corrected chi connectivity index (χ1v) is 5.94. The molecular weight excluding hydrogens is 313 g/mol. The number of nitrogens with one attached hydrogen (secondary N) is 2. The Morgan fingerprint density at radius 2 is 2.10 bits per heavy atom. The van der Waals surface area contributed by atoms with Gasteiger partial charge in [0, 0.05) is 13.1 Å². The van der Waals surface area contributed by atoms with Gasteiger partial charge in [0.25, 0.3) is 5.91 Å². The zero-order chi connectivity index (χ0) is 14.6. The van der Waals surface area contributed by atoms with Gasteiger partial charge in [0.2, 0.25) is 0 Å². The highest BCUT2D eigenvalue weighted by Crippen LogP contribution is 2.30. The van der Waals surface area contributed by atoms with Crippen molar-refractivity contribution in [2.75, 3.05) is 25.0 Å². The summed E-state index contributed by atoms with van der Waals surface area (Å²) in [5.74, 6) is -0.979. The Balaban J connectivity index is 0.00000220. The van der Waals surface area contributed by atoms with Crippen molar-refractivity contribution in [1.82, 2.24) is 5.32 Å². The molecular formula is C12H14ClF3N2O3. The van der Waals surface area contributed by atoms with Gasteiger partial charge in [-0.3, -0.25) is 4.79 Å². The van der Waals surface area contributed by atoms with E-state index in [0.717, 1.165) is 6.07 Å². The van der Waals surface area contributed by atoms with Crippen LogP contribution in [0.2, 0.25) is 0 Å². The van der Waals surface area contributed by atoms with Gasteiger partial charge in [-0.1, -0.05) is 12.1 Å². The van der Waals surface area contributed by atoms with Crippen molar-refractivity contribution in [2.24, 2.45) is 0 Å². The molecule has 1 atom stereocenters. The summed E-state index contributed by atoms with van der Waals surface area (Å²) in [6.45, 7) is 1.32. The molecule has 1 saturated heterocycles. The third kappa shape index (κ3) is 5.41. The Morgan fingerprint density at radius 1 is 1.38 bits per heavy atom. The Morgan fingerprint density at radius 3 is 2.71 bits per heavy atom. The summed E-state index contributed by atoms with van der Waals surface area (Å²) in [6.07, 6.45) is -5.55. The van der Waals surface area contributed by atoms with E-state index in [4.69, 9.17) is 4.74 Å². The van der Waals surface area contributed by atoms with Gasteiger partial charge in [-0.05, 0) is 12.1 Å². The van der Waals surface area contributed by atoms with Gasteiger partial charge in [0.15, 0.2) is 5.75 Å². The first kappa shape index (κ1) is 17.5. The number of halogens is 4. The van der Waals surface area contributed by atoms with Crippen LogP contribution in [0.4, 0.5) is 18.9 Å². The van der Waals surface area contributed by atoms with Gasteiger partial charge in [-0.25, -0.2) is 0 Å². The SMILES string of the molecule is Cl.O=C(Nc1ccccc1OC(F)(F)F)C1CNCCO1. The summed E-state index contributed by atoms with van der Waals surface area (Å²) in [4.78, 5) is 11.9. The number of alkyl halides is 3. The van der Waals surface area contributed by atoms with Gasteiger partial charge in [0.05, 0.1) is 12.3 Å². The molecule has 0 aromatic heterocycles. The number of morpholine rings is 1. The highest BCUT2D eigenvalue weighted by molar-refractivity contribution is 5.95. The lowest BCUT2D eigenvalue weighted by Crippen LogP contribution is -2.45. The monoisotopic (exact) mass is 326 g/mol. The molecule has 1 amide bonds. The van der Waals surface area contributed by atoms with Crippen LogP contribution < -0.4 is 15.4 Å². The minimum atomic E-state index is -4.82. The quantitative estimate of drug-likeness (QED) is 0.891. The van der Waals surface area contributed by atoms with Gasteiger partial charge in [-0.2, -0.15) is 0 Å². The van der Waals surface area contributed by atoms with Crippen molar-refractivity contribution in [1.29, 1.82) is 0 Å². The van der Waals surface area contributed by atoms with Crippen molar-refractivity contribution >= 4 is 24.0 Å². The summed E-state index contributed by atoms with van der Waals surface area (Å²) < 4.78 is 45.8. The lowest BCUT2D eigenvalue weighted by Gasteiger charge is -2.23. The number of rotatable bonds is 3. The van der Waals surface area contributed by atoms with Crippen LogP contribution in [-0.2, 0) is 9.53 Å². The highest BCUT2D eigenvalue weighted by atomic mass is 35.5. The maximum atomic E-state index is 12.2. The van der Waals surface area contributed by atoms with Crippen LogP contribution in [0.25, 0.3) is 0 Å². The standard InChI is InChI=1S/C12H13F3N2O3.ClH/c13-12(14,15)20-9-4-2-1-3-8(9)17-11(18)10-7-16-5-6-19-10;/h1-4,10,16H,5-7H2,(H,17,18);1H. The van der Waals surface area contributed by atoms with Gasteiger partial charge in [-0.15, -0.1) is 25.6 Å². The Bertz CT molecular complexity index is 479. The number of ether oxygens (including phenoxy) is 2. The predicted molar refractivity (Wildman–Crippen MR) is 71.6 cm³/mol. The van der Waals surface area contributed by atoms with E-state index in [1.54, 1.807) is 0 Å². The second kappa shape index (κ2) is 7.48. The second-order valence-corrected chi connectivity index (χ2v) is 4.10. The molecule has 1 heterocycles.